The molecule has 3 aromatic rings. The third kappa shape index (κ3) is 3.18. The van der Waals surface area contributed by atoms with Crippen molar-refractivity contribution < 1.29 is 19.2 Å². The Morgan fingerprint density at radius 2 is 1.42 bits per heavy atom. The molecule has 0 N–H and O–H groups in total. The molecule has 2 saturated heterocycles. The molecule has 4 heterocycles. The van der Waals surface area contributed by atoms with Gasteiger partial charge in [0.05, 0.1) is 39.6 Å². The quantitative estimate of drug-likeness (QED) is 0.512. The van der Waals surface area contributed by atoms with Crippen LogP contribution in [-0.2, 0) is 19.2 Å². The molecule has 4 amide bonds. The van der Waals surface area contributed by atoms with Crippen molar-refractivity contribution >= 4 is 52.3 Å². The molecule has 3 aliphatic rings. The molecule has 1 aromatic heterocycles. The number of pyridine rings is 1. The fraction of sp³-hybridized carbons (Fsp3) is 0.222. The number of carbonyl (C=O) groups is 4. The molecule has 0 saturated carbocycles. The summed E-state index contributed by atoms with van der Waals surface area (Å²) in [7, 11) is 1.72. The Kier molecular flexibility index (Phi) is 5.15. The van der Waals surface area contributed by atoms with E-state index < -0.39 is 35.6 Å². The van der Waals surface area contributed by atoms with Crippen LogP contribution in [0, 0.1) is 11.8 Å². The Hall–Kier alpha value is -4.04. The topological polar surface area (TPSA) is 90.9 Å². The van der Waals surface area contributed by atoms with E-state index in [0.717, 1.165) is 0 Å². The number of aromatic nitrogens is 1. The van der Waals surface area contributed by atoms with Crippen molar-refractivity contribution in [2.24, 2.45) is 11.8 Å². The van der Waals surface area contributed by atoms with Gasteiger partial charge >= 0.3 is 0 Å². The average molecular weight is 501 g/mol. The highest BCUT2D eigenvalue weighted by atomic mass is 35.5. The van der Waals surface area contributed by atoms with Crippen molar-refractivity contribution in [1.82, 2.24) is 4.98 Å². The first kappa shape index (κ1) is 22.4. The minimum absolute atomic E-state index is 0.0815. The van der Waals surface area contributed by atoms with Crippen molar-refractivity contribution in [3.63, 3.8) is 0 Å². The fourth-order valence-electron chi connectivity index (χ4n) is 5.79. The highest BCUT2D eigenvalue weighted by Gasteiger charge is 2.61. The van der Waals surface area contributed by atoms with Crippen molar-refractivity contribution in [3.05, 3.63) is 83.6 Å². The van der Waals surface area contributed by atoms with Gasteiger partial charge in [0.1, 0.15) is 6.04 Å². The van der Waals surface area contributed by atoms with Crippen LogP contribution < -0.4 is 14.7 Å². The number of hydrogen-bond acceptors (Lipinski definition) is 6. The summed E-state index contributed by atoms with van der Waals surface area (Å²) < 4.78 is 0. The summed E-state index contributed by atoms with van der Waals surface area (Å²) in [5.41, 5.74) is 2.00. The number of rotatable bonds is 3. The molecule has 2 aromatic carbocycles. The molecule has 6 rings (SSSR count). The van der Waals surface area contributed by atoms with E-state index in [1.807, 2.05) is 0 Å². The summed E-state index contributed by atoms with van der Waals surface area (Å²) in [6, 6.07) is 18.3. The van der Waals surface area contributed by atoms with Crippen LogP contribution in [0.1, 0.15) is 18.0 Å². The first-order valence-corrected chi connectivity index (χ1v) is 12.0. The lowest BCUT2D eigenvalue weighted by molar-refractivity contribution is -0.124. The molecule has 9 heteroatoms. The van der Waals surface area contributed by atoms with Crippen LogP contribution in [0.3, 0.4) is 0 Å². The van der Waals surface area contributed by atoms with Crippen LogP contribution in [0.4, 0.5) is 17.1 Å². The molecule has 0 spiro atoms. The third-order valence-corrected chi connectivity index (χ3v) is 7.53. The second-order valence-electron chi connectivity index (χ2n) is 9.23. The standard InChI is InChI=1S/C27H21ClN4O4/c1-30-19-12-15(28)14-29-23(19)21(18-13-20(33)31(25(18)34)16-8-4-2-5-9-16)22-24(30)27(36)32(26(22)35)17-10-6-3-7-11-17/h2-12,14,18,21-22,24H,13H2,1H3/t18?,21-,22-,24+/m0/s1. The monoisotopic (exact) mass is 500 g/mol. The summed E-state index contributed by atoms with van der Waals surface area (Å²) in [5, 5.41) is 0.370. The van der Waals surface area contributed by atoms with Crippen LogP contribution in [0.2, 0.25) is 5.02 Å². The largest absolute Gasteiger partial charge is 0.360 e. The van der Waals surface area contributed by atoms with Crippen LogP contribution in [0.15, 0.2) is 72.9 Å². The average Bonchev–Trinajstić information content (AvgIpc) is 3.32. The minimum atomic E-state index is -0.888. The third-order valence-electron chi connectivity index (χ3n) is 7.33. The van der Waals surface area contributed by atoms with E-state index in [4.69, 9.17) is 11.6 Å². The van der Waals surface area contributed by atoms with Gasteiger partial charge in [0.15, 0.2) is 0 Å². The summed E-state index contributed by atoms with van der Waals surface area (Å²) in [5.74, 6) is -4.05. The molecule has 8 nitrogen and oxygen atoms in total. The normalized spacial score (nSPS) is 25.4. The molecule has 0 aliphatic carbocycles. The Balaban J connectivity index is 1.49. The summed E-state index contributed by atoms with van der Waals surface area (Å²) in [4.78, 5) is 63.0. The van der Waals surface area contributed by atoms with Crippen LogP contribution in [0.25, 0.3) is 0 Å². The molecule has 180 valence electrons. The molecule has 4 atom stereocenters. The lowest BCUT2D eigenvalue weighted by Gasteiger charge is -2.40. The lowest BCUT2D eigenvalue weighted by atomic mass is 9.72. The Morgan fingerprint density at radius 3 is 2.06 bits per heavy atom. The van der Waals surface area contributed by atoms with Gasteiger partial charge in [-0.25, -0.2) is 4.90 Å². The predicted octanol–water partition coefficient (Wildman–Crippen LogP) is 3.41. The van der Waals surface area contributed by atoms with Gasteiger partial charge in [0.25, 0.3) is 5.91 Å². The smallest absolute Gasteiger partial charge is 0.257 e. The van der Waals surface area contributed by atoms with Crippen molar-refractivity contribution in [1.29, 1.82) is 0 Å². The van der Waals surface area contributed by atoms with Crippen LogP contribution in [-0.4, -0.2) is 41.7 Å². The molecule has 36 heavy (non-hydrogen) atoms. The van der Waals surface area contributed by atoms with Crippen molar-refractivity contribution in [3.8, 4) is 0 Å². The predicted molar refractivity (Wildman–Crippen MR) is 134 cm³/mol. The second kappa shape index (κ2) is 8.27. The second-order valence-corrected chi connectivity index (χ2v) is 9.66. The first-order valence-electron chi connectivity index (χ1n) is 11.6. The van der Waals surface area contributed by atoms with Gasteiger partial charge in [-0.15, -0.1) is 0 Å². The number of nitrogens with zero attached hydrogens (tertiary/aromatic N) is 4. The molecule has 0 radical (unpaired) electrons. The fourth-order valence-corrected chi connectivity index (χ4v) is 5.94. The zero-order valence-corrected chi connectivity index (χ0v) is 20.0. The summed E-state index contributed by atoms with van der Waals surface area (Å²) in [6.45, 7) is 0. The van der Waals surface area contributed by atoms with Gasteiger partial charge in [-0.2, -0.15) is 0 Å². The molecule has 2 fully saturated rings. The maximum absolute atomic E-state index is 13.9. The number of anilines is 3. The number of benzene rings is 2. The first-order chi connectivity index (χ1) is 17.4. The maximum atomic E-state index is 13.9. The van der Waals surface area contributed by atoms with E-state index in [1.165, 1.54) is 16.0 Å². The Labute approximate surface area is 212 Å². The lowest BCUT2D eigenvalue weighted by Crippen LogP contribution is -2.50. The van der Waals surface area contributed by atoms with Gasteiger partial charge in [-0.05, 0) is 30.3 Å². The van der Waals surface area contributed by atoms with Crippen LogP contribution in [0.5, 0.6) is 0 Å². The minimum Gasteiger partial charge on any atom is -0.360 e. The summed E-state index contributed by atoms with van der Waals surface area (Å²) in [6.07, 6.45) is 1.38. The molecule has 1 unspecified atom stereocenters. The Bertz CT molecular complexity index is 1410. The van der Waals surface area contributed by atoms with E-state index in [0.29, 0.717) is 27.8 Å². The van der Waals surface area contributed by atoms with Crippen molar-refractivity contribution in [2.45, 2.75) is 18.4 Å². The zero-order chi connectivity index (χ0) is 25.1. The molecule has 0 bridgehead atoms. The van der Waals surface area contributed by atoms with Gasteiger partial charge < -0.3 is 4.90 Å². The summed E-state index contributed by atoms with van der Waals surface area (Å²) >= 11 is 6.26. The van der Waals surface area contributed by atoms with Crippen molar-refractivity contribution in [2.75, 3.05) is 21.7 Å². The number of amides is 4. The number of likely N-dealkylation sites (N-methyl/N-ethyl adjacent to an activating group) is 1. The van der Waals surface area contributed by atoms with Gasteiger partial charge in [-0.1, -0.05) is 48.0 Å². The molecular formula is C27H21ClN4O4. The van der Waals surface area contributed by atoms with E-state index in [-0.39, 0.29) is 18.2 Å². The SMILES string of the molecule is CN1c2cc(Cl)cnc2[C@@H](C2CC(=O)N(c3ccccc3)C2=O)[C@@H]2C(=O)N(c3ccccc3)C(=O)[C@@H]21. The number of hydrogen-bond donors (Lipinski definition) is 0. The van der Waals surface area contributed by atoms with E-state index in [9.17, 15) is 19.2 Å². The van der Waals surface area contributed by atoms with Gasteiger partial charge in [-0.3, -0.25) is 29.1 Å². The van der Waals surface area contributed by atoms with E-state index in [1.54, 1.807) is 78.7 Å². The van der Waals surface area contributed by atoms with E-state index in [2.05, 4.69) is 4.98 Å². The molecule has 3 aliphatic heterocycles. The highest BCUT2D eigenvalue weighted by Crippen LogP contribution is 2.51. The number of carbonyl (C=O) groups excluding carboxylic acids is 4. The zero-order valence-electron chi connectivity index (χ0n) is 19.2. The number of fused-ring (bicyclic) bond motifs is 2. The number of imide groups is 2. The number of halogens is 1. The highest BCUT2D eigenvalue weighted by molar-refractivity contribution is 6.31. The van der Waals surface area contributed by atoms with Gasteiger partial charge in [0.2, 0.25) is 17.7 Å². The van der Waals surface area contributed by atoms with E-state index >= 15 is 0 Å². The van der Waals surface area contributed by atoms with Crippen LogP contribution >= 0.6 is 11.6 Å². The number of para-hydroxylation sites is 2. The Morgan fingerprint density at radius 1 is 0.806 bits per heavy atom. The molecular weight excluding hydrogens is 480 g/mol. The maximum Gasteiger partial charge on any atom is 0.257 e. The van der Waals surface area contributed by atoms with Gasteiger partial charge in [0, 0.05) is 25.6 Å².